The quantitative estimate of drug-likeness (QED) is 0.850. The first kappa shape index (κ1) is 10.8. The summed E-state index contributed by atoms with van der Waals surface area (Å²) >= 11 is 1.59. The fourth-order valence-corrected chi connectivity index (χ4v) is 2.80. The molecule has 2 aromatic heterocycles. The van der Waals surface area contributed by atoms with E-state index >= 15 is 0 Å². The van der Waals surface area contributed by atoms with Gasteiger partial charge in [0.15, 0.2) is 0 Å². The van der Waals surface area contributed by atoms with E-state index in [-0.39, 0.29) is 12.1 Å². The predicted octanol–water partition coefficient (Wildman–Crippen LogP) is 0.978. The zero-order chi connectivity index (χ0) is 11.7. The first-order valence-corrected chi connectivity index (χ1v) is 6.32. The number of hydrogen-bond donors (Lipinski definition) is 2. The largest absolute Gasteiger partial charge is 0.380 e. The van der Waals surface area contributed by atoms with Crippen LogP contribution in [-0.4, -0.2) is 40.2 Å². The highest BCUT2D eigenvalue weighted by atomic mass is 32.1. The van der Waals surface area contributed by atoms with E-state index in [0.29, 0.717) is 0 Å². The Morgan fingerprint density at radius 1 is 1.53 bits per heavy atom. The molecule has 2 N–H and O–H groups in total. The van der Waals surface area contributed by atoms with Crippen molar-refractivity contribution in [1.29, 1.82) is 0 Å². The lowest BCUT2D eigenvalue weighted by molar-refractivity contribution is 0.117. The monoisotopic (exact) mass is 251 g/mol. The number of nitrogens with zero attached hydrogens (tertiary/aromatic N) is 3. The maximum atomic E-state index is 5.33. The maximum Gasteiger partial charge on any atom is 0.145 e. The number of ether oxygens (including phenoxy) is 1. The number of nitrogens with one attached hydrogen (secondary N) is 2. The summed E-state index contributed by atoms with van der Waals surface area (Å²) in [5.74, 6) is 0. The number of hydrogen-bond acceptors (Lipinski definition) is 6. The molecule has 1 aliphatic heterocycles. The molecule has 6 nitrogen and oxygen atoms in total. The summed E-state index contributed by atoms with van der Waals surface area (Å²) in [6.07, 6.45) is 2.94. The average molecular weight is 251 g/mol. The van der Waals surface area contributed by atoms with Crippen molar-refractivity contribution < 1.29 is 4.74 Å². The van der Waals surface area contributed by atoms with Gasteiger partial charge in [0.25, 0.3) is 0 Å². The molecule has 2 atom stereocenters. The summed E-state index contributed by atoms with van der Waals surface area (Å²) < 4.78 is 5.33. The highest BCUT2D eigenvalue weighted by Gasteiger charge is 2.27. The molecular formula is C10H13N5OS. The highest BCUT2D eigenvalue weighted by Crippen LogP contribution is 2.29. The summed E-state index contributed by atoms with van der Waals surface area (Å²) in [7, 11) is 1.75. The lowest BCUT2D eigenvalue weighted by atomic mass is 10.1. The van der Waals surface area contributed by atoms with Crippen LogP contribution < -0.4 is 5.32 Å². The van der Waals surface area contributed by atoms with Gasteiger partial charge in [0, 0.05) is 19.0 Å². The zero-order valence-electron chi connectivity index (χ0n) is 9.38. The fraction of sp³-hybridized carbons (Fsp3) is 0.500. The van der Waals surface area contributed by atoms with Gasteiger partial charge in [-0.3, -0.25) is 0 Å². The number of rotatable bonds is 3. The van der Waals surface area contributed by atoms with Gasteiger partial charge in [-0.15, -0.1) is 11.3 Å². The van der Waals surface area contributed by atoms with Gasteiger partial charge in [-0.2, -0.15) is 15.4 Å². The summed E-state index contributed by atoms with van der Waals surface area (Å²) in [6.45, 7) is 0.887. The van der Waals surface area contributed by atoms with E-state index in [1.165, 1.54) is 0 Å². The molecular weight excluding hydrogens is 238 g/mol. The van der Waals surface area contributed by atoms with E-state index in [9.17, 15) is 0 Å². The number of aromatic nitrogens is 4. The molecule has 2 aromatic rings. The van der Waals surface area contributed by atoms with E-state index in [0.717, 1.165) is 29.4 Å². The van der Waals surface area contributed by atoms with Crippen molar-refractivity contribution in [3.63, 3.8) is 0 Å². The Hall–Kier alpha value is -1.31. The van der Waals surface area contributed by atoms with Gasteiger partial charge < -0.3 is 10.1 Å². The number of H-pyrrole nitrogens is 1. The molecule has 0 spiro atoms. The van der Waals surface area contributed by atoms with Crippen molar-refractivity contribution in [3.8, 4) is 10.7 Å². The second-order valence-electron chi connectivity index (χ2n) is 3.99. The van der Waals surface area contributed by atoms with Gasteiger partial charge in [0.05, 0.1) is 24.0 Å². The summed E-state index contributed by atoms with van der Waals surface area (Å²) in [5.41, 5.74) is 1.86. The van der Waals surface area contributed by atoms with Crippen molar-refractivity contribution in [2.75, 3.05) is 13.7 Å². The minimum absolute atomic E-state index is 0.289. The third-order valence-electron chi connectivity index (χ3n) is 2.94. The zero-order valence-corrected chi connectivity index (χ0v) is 10.2. The smallest absolute Gasteiger partial charge is 0.145 e. The predicted molar refractivity (Wildman–Crippen MR) is 63.6 cm³/mol. The van der Waals surface area contributed by atoms with E-state index in [4.69, 9.17) is 4.74 Å². The lowest BCUT2D eigenvalue weighted by Gasteiger charge is -2.06. The lowest BCUT2D eigenvalue weighted by Crippen LogP contribution is -2.16. The van der Waals surface area contributed by atoms with Crippen LogP contribution in [0.1, 0.15) is 18.2 Å². The SMILES string of the molecule is COC1CNC(c2csc(-c3cn[nH]n3)n2)C1. The first-order valence-electron chi connectivity index (χ1n) is 5.44. The van der Waals surface area contributed by atoms with Crippen LogP contribution >= 0.6 is 11.3 Å². The molecule has 0 aliphatic carbocycles. The molecule has 17 heavy (non-hydrogen) atoms. The molecule has 1 fully saturated rings. The minimum atomic E-state index is 0.289. The molecule has 0 bridgehead atoms. The molecule has 1 saturated heterocycles. The third kappa shape index (κ3) is 2.08. The van der Waals surface area contributed by atoms with Crippen LogP contribution in [0.4, 0.5) is 0 Å². The van der Waals surface area contributed by atoms with Crippen LogP contribution in [-0.2, 0) is 4.74 Å². The second kappa shape index (κ2) is 4.52. The Bertz CT molecular complexity index is 483. The van der Waals surface area contributed by atoms with Crippen molar-refractivity contribution >= 4 is 11.3 Å². The molecule has 0 saturated carbocycles. The fourth-order valence-electron chi connectivity index (χ4n) is 1.98. The van der Waals surface area contributed by atoms with E-state index in [2.05, 4.69) is 31.1 Å². The molecule has 3 heterocycles. The Kier molecular flexibility index (Phi) is 2.87. The van der Waals surface area contributed by atoms with Gasteiger partial charge in [0.1, 0.15) is 10.7 Å². The van der Waals surface area contributed by atoms with Crippen LogP contribution in [0.15, 0.2) is 11.6 Å². The molecule has 2 unspecified atom stereocenters. The second-order valence-corrected chi connectivity index (χ2v) is 4.85. The molecule has 90 valence electrons. The highest BCUT2D eigenvalue weighted by molar-refractivity contribution is 7.13. The molecule has 1 aliphatic rings. The Morgan fingerprint density at radius 2 is 2.47 bits per heavy atom. The summed E-state index contributed by atoms with van der Waals surface area (Å²) in [4.78, 5) is 4.58. The number of aromatic amines is 1. The maximum absolute atomic E-state index is 5.33. The Labute approximate surface area is 102 Å². The van der Waals surface area contributed by atoms with Crippen molar-refractivity contribution in [1.82, 2.24) is 25.7 Å². The minimum Gasteiger partial charge on any atom is -0.380 e. The van der Waals surface area contributed by atoms with Crippen LogP contribution in [0.5, 0.6) is 0 Å². The van der Waals surface area contributed by atoms with Gasteiger partial charge >= 0.3 is 0 Å². The van der Waals surface area contributed by atoms with E-state index < -0.39 is 0 Å². The van der Waals surface area contributed by atoms with Crippen LogP contribution in [0.3, 0.4) is 0 Å². The Morgan fingerprint density at radius 3 is 3.18 bits per heavy atom. The van der Waals surface area contributed by atoms with Crippen molar-refractivity contribution in [2.24, 2.45) is 0 Å². The summed E-state index contributed by atoms with van der Waals surface area (Å²) in [6, 6.07) is 0.289. The van der Waals surface area contributed by atoms with Crippen molar-refractivity contribution in [3.05, 3.63) is 17.3 Å². The number of thiazole rings is 1. The van der Waals surface area contributed by atoms with E-state index in [1.54, 1.807) is 24.6 Å². The van der Waals surface area contributed by atoms with Gasteiger partial charge in [0.2, 0.25) is 0 Å². The molecule has 0 amide bonds. The molecule has 0 aromatic carbocycles. The third-order valence-corrected chi connectivity index (χ3v) is 3.82. The molecule has 7 heteroatoms. The molecule has 0 radical (unpaired) electrons. The van der Waals surface area contributed by atoms with Gasteiger partial charge in [-0.25, -0.2) is 4.98 Å². The summed E-state index contributed by atoms with van der Waals surface area (Å²) in [5, 5.41) is 16.8. The van der Waals surface area contributed by atoms with Gasteiger partial charge in [-0.1, -0.05) is 0 Å². The van der Waals surface area contributed by atoms with Crippen LogP contribution in [0, 0.1) is 0 Å². The normalized spacial score (nSPS) is 24.3. The Balaban J connectivity index is 1.77. The van der Waals surface area contributed by atoms with E-state index in [1.807, 2.05) is 0 Å². The molecule has 3 rings (SSSR count). The van der Waals surface area contributed by atoms with Crippen LogP contribution in [0.2, 0.25) is 0 Å². The van der Waals surface area contributed by atoms with Gasteiger partial charge in [-0.05, 0) is 6.42 Å². The standard InChI is InChI=1S/C10H13N5OS/c1-16-6-2-7(11-3-6)9-5-17-10(13-9)8-4-12-15-14-8/h4-7,11H,2-3H2,1H3,(H,12,14,15). The first-order chi connectivity index (χ1) is 8.36. The average Bonchev–Trinajstić information content (AvgIpc) is 3.09. The van der Waals surface area contributed by atoms with Crippen molar-refractivity contribution in [2.45, 2.75) is 18.6 Å². The number of methoxy groups -OCH3 is 1. The topological polar surface area (TPSA) is 75.7 Å². The van der Waals surface area contributed by atoms with Crippen LogP contribution in [0.25, 0.3) is 10.7 Å².